The normalized spacial score (nSPS) is 11.9. The van der Waals surface area contributed by atoms with Crippen molar-refractivity contribution in [2.24, 2.45) is 0 Å². The molecule has 0 unspecified atom stereocenters. The fourth-order valence-corrected chi connectivity index (χ4v) is 6.01. The molecule has 0 amide bonds. The smallest absolute Gasteiger partial charge is 0.416 e. The molecule has 0 heterocycles. The van der Waals surface area contributed by atoms with Gasteiger partial charge in [-0.3, -0.25) is 0 Å². The molecular formula is C33H25F6O3S+. The van der Waals surface area contributed by atoms with Gasteiger partial charge in [0, 0.05) is 5.56 Å². The highest BCUT2D eigenvalue weighted by molar-refractivity contribution is 7.97. The highest BCUT2D eigenvalue weighted by Crippen LogP contribution is 2.36. The van der Waals surface area contributed by atoms with E-state index in [-0.39, 0.29) is 17.0 Å². The molecule has 43 heavy (non-hydrogen) atoms. The standard InChI is InChI=1S/C33H25F6O3S/c1-31(2,18-17-23-19-24(32(34,35)36)21-25(20-23)33(37,38)39)42-30(40)22-41-26-13-15-29(16-14-26)43(27-9-5-3-6-10-27)28-11-7-4-8-12-28/h3-16,19-21H,22H2,1-2H3/q+1. The molecule has 0 saturated heterocycles. The molecule has 0 N–H and O–H groups in total. The maximum absolute atomic E-state index is 13.1. The Hall–Kier alpha value is -4.36. The Labute approximate surface area is 247 Å². The van der Waals surface area contributed by atoms with Crippen LogP contribution in [0.25, 0.3) is 0 Å². The third kappa shape index (κ3) is 8.82. The lowest BCUT2D eigenvalue weighted by Gasteiger charge is -2.19. The highest BCUT2D eigenvalue weighted by atomic mass is 32.2. The van der Waals surface area contributed by atoms with Gasteiger partial charge in [-0.2, -0.15) is 26.3 Å². The fraction of sp³-hybridized carbons (Fsp3) is 0.182. The second kappa shape index (κ2) is 12.9. The molecule has 0 aliphatic heterocycles. The monoisotopic (exact) mass is 615 g/mol. The Bertz CT molecular complexity index is 1530. The Morgan fingerprint density at radius 1 is 0.698 bits per heavy atom. The van der Waals surface area contributed by atoms with E-state index in [0.717, 1.165) is 14.7 Å². The van der Waals surface area contributed by atoms with Gasteiger partial charge in [0.25, 0.3) is 0 Å². The topological polar surface area (TPSA) is 35.5 Å². The van der Waals surface area contributed by atoms with Crippen molar-refractivity contribution in [3.63, 3.8) is 0 Å². The van der Waals surface area contributed by atoms with Gasteiger partial charge in [-0.05, 0) is 80.6 Å². The zero-order chi connectivity index (χ0) is 31.3. The minimum atomic E-state index is -5.00. The van der Waals surface area contributed by atoms with Crippen LogP contribution in [0.5, 0.6) is 5.75 Å². The lowest BCUT2D eigenvalue weighted by molar-refractivity contribution is -0.154. The number of rotatable bonds is 7. The summed E-state index contributed by atoms with van der Waals surface area (Å²) in [5.41, 5.74) is -5.02. The highest BCUT2D eigenvalue weighted by Gasteiger charge is 2.37. The van der Waals surface area contributed by atoms with Crippen molar-refractivity contribution in [2.45, 2.75) is 46.5 Å². The van der Waals surface area contributed by atoms with E-state index in [2.05, 4.69) is 36.1 Å². The third-order valence-corrected chi connectivity index (χ3v) is 8.07. The maximum atomic E-state index is 13.1. The number of alkyl halides is 6. The summed E-state index contributed by atoms with van der Waals surface area (Å²) in [6.45, 7) is 2.23. The van der Waals surface area contributed by atoms with Gasteiger partial charge in [0.05, 0.1) is 22.0 Å². The zero-order valence-electron chi connectivity index (χ0n) is 22.9. The van der Waals surface area contributed by atoms with Crippen LogP contribution < -0.4 is 4.74 Å². The van der Waals surface area contributed by atoms with Crippen molar-refractivity contribution in [1.29, 1.82) is 0 Å². The molecule has 10 heteroatoms. The van der Waals surface area contributed by atoms with Crippen molar-refractivity contribution in [1.82, 2.24) is 0 Å². The summed E-state index contributed by atoms with van der Waals surface area (Å²) in [6, 6.07) is 28.4. The van der Waals surface area contributed by atoms with Crippen LogP contribution in [-0.4, -0.2) is 18.2 Å². The quantitative estimate of drug-likeness (QED) is 0.0905. The molecule has 0 aliphatic carbocycles. The number of hydrogen-bond acceptors (Lipinski definition) is 3. The van der Waals surface area contributed by atoms with Crippen molar-refractivity contribution in [2.75, 3.05) is 6.61 Å². The summed E-state index contributed by atoms with van der Waals surface area (Å²) >= 11 is 0. The number of ether oxygens (including phenoxy) is 2. The Morgan fingerprint density at radius 3 is 1.63 bits per heavy atom. The molecule has 0 radical (unpaired) electrons. The number of hydrogen-bond donors (Lipinski definition) is 0. The van der Waals surface area contributed by atoms with Gasteiger partial charge in [-0.25, -0.2) is 4.79 Å². The predicted octanol–water partition coefficient (Wildman–Crippen LogP) is 8.57. The maximum Gasteiger partial charge on any atom is 0.416 e. The second-order valence-corrected chi connectivity index (χ2v) is 11.7. The molecule has 4 rings (SSSR count). The number of esters is 1. The minimum absolute atomic E-state index is 0.0180. The minimum Gasteiger partial charge on any atom is -0.482 e. The van der Waals surface area contributed by atoms with Crippen LogP contribution in [0.15, 0.2) is 118 Å². The van der Waals surface area contributed by atoms with Gasteiger partial charge < -0.3 is 9.47 Å². The van der Waals surface area contributed by atoms with E-state index in [1.165, 1.54) is 13.8 Å². The summed E-state index contributed by atoms with van der Waals surface area (Å²) in [7, 11) is -0.368. The third-order valence-electron chi connectivity index (χ3n) is 5.84. The van der Waals surface area contributed by atoms with Crippen LogP contribution in [0.3, 0.4) is 0 Å². The number of carbonyl (C=O) groups excluding carboxylic acids is 1. The second-order valence-electron chi connectivity index (χ2n) is 9.72. The predicted molar refractivity (Wildman–Crippen MR) is 150 cm³/mol. The van der Waals surface area contributed by atoms with Crippen LogP contribution in [0.1, 0.15) is 30.5 Å². The summed E-state index contributed by atoms with van der Waals surface area (Å²) in [5, 5.41) is 0. The molecule has 0 saturated carbocycles. The van der Waals surface area contributed by atoms with Crippen LogP contribution in [0.4, 0.5) is 26.3 Å². The van der Waals surface area contributed by atoms with E-state index in [1.54, 1.807) is 12.1 Å². The Kier molecular flexibility index (Phi) is 9.46. The van der Waals surface area contributed by atoms with Crippen molar-refractivity contribution >= 4 is 16.9 Å². The number of carbonyl (C=O) groups is 1. The molecule has 4 aromatic carbocycles. The van der Waals surface area contributed by atoms with E-state index < -0.39 is 47.2 Å². The molecule has 0 fully saturated rings. The van der Waals surface area contributed by atoms with E-state index in [1.807, 2.05) is 48.5 Å². The van der Waals surface area contributed by atoms with Crippen molar-refractivity contribution < 1.29 is 40.6 Å². The van der Waals surface area contributed by atoms with Gasteiger partial charge in [-0.15, -0.1) is 0 Å². The largest absolute Gasteiger partial charge is 0.482 e. The van der Waals surface area contributed by atoms with E-state index in [4.69, 9.17) is 9.47 Å². The van der Waals surface area contributed by atoms with Crippen LogP contribution in [0.2, 0.25) is 0 Å². The van der Waals surface area contributed by atoms with Crippen molar-refractivity contribution in [3.8, 4) is 17.6 Å². The fourth-order valence-electron chi connectivity index (χ4n) is 3.92. The van der Waals surface area contributed by atoms with Crippen LogP contribution in [0, 0.1) is 11.8 Å². The first-order chi connectivity index (χ1) is 20.2. The molecule has 0 atom stereocenters. The molecule has 0 spiro atoms. The first-order valence-electron chi connectivity index (χ1n) is 12.8. The molecule has 4 aromatic rings. The summed E-state index contributed by atoms with van der Waals surface area (Å²) in [6.07, 6.45) is -10.0. The summed E-state index contributed by atoms with van der Waals surface area (Å²) < 4.78 is 89.6. The molecule has 0 aromatic heterocycles. The van der Waals surface area contributed by atoms with Crippen LogP contribution in [-0.2, 0) is 32.8 Å². The van der Waals surface area contributed by atoms with E-state index in [0.29, 0.717) is 17.9 Å². The van der Waals surface area contributed by atoms with Gasteiger partial charge in [0.1, 0.15) is 5.75 Å². The van der Waals surface area contributed by atoms with Gasteiger partial charge in [-0.1, -0.05) is 48.2 Å². The molecular weight excluding hydrogens is 590 g/mol. The Balaban J connectivity index is 1.42. The first kappa shape index (κ1) is 31.6. The average Bonchev–Trinajstić information content (AvgIpc) is 2.96. The summed E-state index contributed by atoms with van der Waals surface area (Å²) in [5.74, 6) is 4.27. The van der Waals surface area contributed by atoms with Crippen LogP contribution >= 0.6 is 0 Å². The lowest BCUT2D eigenvalue weighted by atomic mass is 10.0. The molecule has 0 bridgehead atoms. The Morgan fingerprint density at radius 2 is 1.16 bits per heavy atom. The van der Waals surface area contributed by atoms with Gasteiger partial charge >= 0.3 is 18.3 Å². The SMILES string of the molecule is CC(C)(C#Cc1cc(C(F)(F)F)cc(C(F)(F)F)c1)OC(=O)COc1ccc([S+](c2ccccc2)c2ccccc2)cc1. The molecule has 0 aliphatic rings. The van der Waals surface area contributed by atoms with E-state index >= 15 is 0 Å². The number of benzene rings is 4. The molecule has 222 valence electrons. The zero-order valence-corrected chi connectivity index (χ0v) is 23.7. The number of halogens is 6. The van der Waals surface area contributed by atoms with Crippen molar-refractivity contribution in [3.05, 3.63) is 120 Å². The average molecular weight is 616 g/mol. The van der Waals surface area contributed by atoms with E-state index in [9.17, 15) is 31.1 Å². The first-order valence-corrected chi connectivity index (χ1v) is 14.1. The lowest BCUT2D eigenvalue weighted by Crippen LogP contribution is -2.29. The molecule has 3 nitrogen and oxygen atoms in total. The van der Waals surface area contributed by atoms with Gasteiger partial charge in [0.15, 0.2) is 26.9 Å². The van der Waals surface area contributed by atoms with Gasteiger partial charge in [0.2, 0.25) is 0 Å². The summed E-state index contributed by atoms with van der Waals surface area (Å²) in [4.78, 5) is 15.7.